The second kappa shape index (κ2) is 9.61. The number of para-hydroxylation sites is 1. The normalized spacial score (nSPS) is 13.1. The molecular weight excluding hydrogens is 502 g/mol. The van der Waals surface area contributed by atoms with Crippen LogP contribution in [-0.2, 0) is 17.8 Å². The number of aromatic nitrogens is 1. The van der Waals surface area contributed by atoms with Gasteiger partial charge in [-0.05, 0) is 47.9 Å². The number of thiazole rings is 1. The number of thiophene rings is 1. The zero-order chi connectivity index (χ0) is 25.5. The quantitative estimate of drug-likeness (QED) is 0.275. The third kappa shape index (κ3) is 4.26. The van der Waals surface area contributed by atoms with Crippen LogP contribution in [0.2, 0.25) is 0 Å². The first-order valence-electron chi connectivity index (χ1n) is 12.3. The van der Waals surface area contributed by atoms with Crippen LogP contribution in [0.1, 0.15) is 34.6 Å². The van der Waals surface area contributed by atoms with E-state index in [-0.39, 0.29) is 11.8 Å². The number of nitrogens with one attached hydrogen (secondary N) is 1. The Labute approximate surface area is 222 Å². The third-order valence-corrected chi connectivity index (χ3v) is 8.84. The molecule has 0 saturated heterocycles. The third-order valence-electron chi connectivity index (χ3n) is 6.65. The minimum absolute atomic E-state index is 0.0586. The number of carbonyl (C=O) groups excluding carboxylic acids is 2. The SMILES string of the molecule is CCOc1ccc2ccccc2c1C(=O)Nc1sc2c(c1-c1nc3ccccc3s1)CCN(C(C)=O)C2. The number of rotatable bonds is 5. The molecular formula is C29H25N3O3S2. The topological polar surface area (TPSA) is 71.5 Å². The summed E-state index contributed by atoms with van der Waals surface area (Å²) < 4.78 is 6.97. The van der Waals surface area contributed by atoms with Gasteiger partial charge in [0.2, 0.25) is 5.91 Å². The lowest BCUT2D eigenvalue weighted by Crippen LogP contribution is -2.33. The number of ether oxygens (including phenoxy) is 1. The van der Waals surface area contributed by atoms with Gasteiger partial charge in [0.1, 0.15) is 15.8 Å². The van der Waals surface area contributed by atoms with Crippen molar-refractivity contribution < 1.29 is 14.3 Å². The van der Waals surface area contributed by atoms with Crippen molar-refractivity contribution in [3.05, 3.63) is 76.7 Å². The van der Waals surface area contributed by atoms with E-state index in [9.17, 15) is 9.59 Å². The number of amides is 2. The monoisotopic (exact) mass is 527 g/mol. The Kier molecular flexibility index (Phi) is 6.14. The molecule has 1 aliphatic rings. The lowest BCUT2D eigenvalue weighted by Gasteiger charge is -2.26. The van der Waals surface area contributed by atoms with Crippen molar-refractivity contribution in [3.63, 3.8) is 0 Å². The van der Waals surface area contributed by atoms with Gasteiger partial charge in [0, 0.05) is 23.9 Å². The van der Waals surface area contributed by atoms with Crippen molar-refractivity contribution in [2.24, 2.45) is 0 Å². The smallest absolute Gasteiger partial charge is 0.260 e. The number of hydrogen-bond acceptors (Lipinski definition) is 6. The predicted octanol–water partition coefficient (Wildman–Crippen LogP) is 6.73. The first-order chi connectivity index (χ1) is 18.0. The Morgan fingerprint density at radius 3 is 2.68 bits per heavy atom. The van der Waals surface area contributed by atoms with Crippen molar-refractivity contribution in [2.75, 3.05) is 18.5 Å². The minimum Gasteiger partial charge on any atom is -0.493 e. The molecule has 0 atom stereocenters. The molecule has 0 spiro atoms. The van der Waals surface area contributed by atoms with E-state index in [0.29, 0.717) is 31.0 Å². The van der Waals surface area contributed by atoms with E-state index >= 15 is 0 Å². The molecule has 186 valence electrons. The van der Waals surface area contributed by atoms with Crippen LogP contribution in [0.15, 0.2) is 60.7 Å². The van der Waals surface area contributed by atoms with Crippen molar-refractivity contribution in [2.45, 2.75) is 26.8 Å². The van der Waals surface area contributed by atoms with Crippen LogP contribution in [-0.4, -0.2) is 34.8 Å². The summed E-state index contributed by atoms with van der Waals surface area (Å²) in [5.74, 6) is 0.400. The average Bonchev–Trinajstić information content (AvgIpc) is 3.48. The molecule has 3 heterocycles. The predicted molar refractivity (Wildman–Crippen MR) is 151 cm³/mol. The number of nitrogens with zero attached hydrogens (tertiary/aromatic N) is 2. The van der Waals surface area contributed by atoms with Gasteiger partial charge in [-0.2, -0.15) is 0 Å². The maximum Gasteiger partial charge on any atom is 0.260 e. The zero-order valence-electron chi connectivity index (χ0n) is 20.5. The van der Waals surface area contributed by atoms with E-state index in [2.05, 4.69) is 11.4 Å². The van der Waals surface area contributed by atoms with E-state index in [1.54, 1.807) is 18.3 Å². The Balaban J connectivity index is 1.47. The number of hydrogen-bond donors (Lipinski definition) is 1. The highest BCUT2D eigenvalue weighted by atomic mass is 32.1. The molecule has 0 saturated carbocycles. The van der Waals surface area contributed by atoms with Crippen LogP contribution in [0.5, 0.6) is 5.75 Å². The summed E-state index contributed by atoms with van der Waals surface area (Å²) in [4.78, 5) is 33.9. The molecule has 1 N–H and O–H groups in total. The van der Waals surface area contributed by atoms with Gasteiger partial charge in [-0.3, -0.25) is 9.59 Å². The molecule has 2 aromatic heterocycles. The van der Waals surface area contributed by atoms with Gasteiger partial charge in [0.05, 0.1) is 28.9 Å². The van der Waals surface area contributed by atoms with Gasteiger partial charge < -0.3 is 15.0 Å². The average molecular weight is 528 g/mol. The number of benzene rings is 3. The van der Waals surface area contributed by atoms with Crippen molar-refractivity contribution in [3.8, 4) is 16.3 Å². The summed E-state index contributed by atoms with van der Waals surface area (Å²) in [6, 6.07) is 19.7. The highest BCUT2D eigenvalue weighted by Gasteiger charge is 2.29. The van der Waals surface area contributed by atoms with Crippen LogP contribution in [0.25, 0.3) is 31.6 Å². The fourth-order valence-corrected chi connectivity index (χ4v) is 7.26. The second-order valence-corrected chi connectivity index (χ2v) is 11.1. The van der Waals surface area contributed by atoms with E-state index in [1.807, 2.05) is 66.4 Å². The van der Waals surface area contributed by atoms with Crippen LogP contribution >= 0.6 is 22.7 Å². The molecule has 0 radical (unpaired) electrons. The Bertz CT molecular complexity index is 1640. The molecule has 37 heavy (non-hydrogen) atoms. The Morgan fingerprint density at radius 2 is 1.86 bits per heavy atom. The Hall–Kier alpha value is -3.75. The molecule has 0 fully saturated rings. The van der Waals surface area contributed by atoms with E-state index in [1.165, 1.54) is 16.9 Å². The summed E-state index contributed by atoms with van der Waals surface area (Å²) >= 11 is 3.16. The number of carbonyl (C=O) groups is 2. The molecule has 5 aromatic rings. The van der Waals surface area contributed by atoms with E-state index < -0.39 is 0 Å². The van der Waals surface area contributed by atoms with E-state index in [0.717, 1.165) is 47.9 Å². The standard InChI is InChI=1S/C29H25N3O3S2/c1-3-35-22-13-12-18-8-4-5-9-19(18)25(22)27(34)31-29-26(28-30-21-10-6-7-11-23(21)36-28)20-14-15-32(17(2)33)16-24(20)37-29/h4-13H,3,14-16H2,1-2H3,(H,31,34). The molecule has 6 rings (SSSR count). The molecule has 0 unspecified atom stereocenters. The fourth-order valence-electron chi connectivity index (χ4n) is 4.89. The summed E-state index contributed by atoms with van der Waals surface area (Å²) in [5, 5.41) is 6.69. The van der Waals surface area contributed by atoms with Gasteiger partial charge in [-0.15, -0.1) is 22.7 Å². The lowest BCUT2D eigenvalue weighted by molar-refractivity contribution is -0.129. The highest BCUT2D eigenvalue weighted by molar-refractivity contribution is 7.23. The summed E-state index contributed by atoms with van der Waals surface area (Å²) in [7, 11) is 0. The molecule has 3 aromatic carbocycles. The van der Waals surface area contributed by atoms with Crippen LogP contribution in [0.4, 0.5) is 5.00 Å². The van der Waals surface area contributed by atoms with Gasteiger partial charge >= 0.3 is 0 Å². The van der Waals surface area contributed by atoms with Crippen molar-refractivity contribution >= 4 is 60.5 Å². The number of anilines is 1. The first kappa shape index (κ1) is 23.6. The Morgan fingerprint density at radius 1 is 1.05 bits per heavy atom. The zero-order valence-corrected chi connectivity index (χ0v) is 22.2. The number of fused-ring (bicyclic) bond motifs is 3. The molecule has 1 aliphatic heterocycles. The van der Waals surface area contributed by atoms with Gasteiger partial charge in [-0.25, -0.2) is 4.98 Å². The van der Waals surface area contributed by atoms with Crippen LogP contribution in [0.3, 0.4) is 0 Å². The van der Waals surface area contributed by atoms with Gasteiger partial charge in [-0.1, -0.05) is 42.5 Å². The molecule has 8 heteroatoms. The summed E-state index contributed by atoms with van der Waals surface area (Å²) in [5.41, 5.74) is 3.59. The van der Waals surface area contributed by atoms with Crippen molar-refractivity contribution in [1.82, 2.24) is 9.88 Å². The second-order valence-electron chi connectivity index (χ2n) is 8.93. The highest BCUT2D eigenvalue weighted by Crippen LogP contribution is 2.46. The van der Waals surface area contributed by atoms with E-state index in [4.69, 9.17) is 9.72 Å². The molecule has 6 nitrogen and oxygen atoms in total. The molecule has 0 aliphatic carbocycles. The minimum atomic E-state index is -0.218. The lowest BCUT2D eigenvalue weighted by atomic mass is 10.0. The molecule has 2 amide bonds. The molecule has 0 bridgehead atoms. The van der Waals surface area contributed by atoms with Gasteiger partial charge in [0.15, 0.2) is 0 Å². The maximum absolute atomic E-state index is 13.9. The summed E-state index contributed by atoms with van der Waals surface area (Å²) in [6.45, 7) is 5.18. The van der Waals surface area contributed by atoms with Gasteiger partial charge in [0.25, 0.3) is 5.91 Å². The first-order valence-corrected chi connectivity index (χ1v) is 13.9. The van der Waals surface area contributed by atoms with Crippen LogP contribution < -0.4 is 10.1 Å². The maximum atomic E-state index is 13.9. The van der Waals surface area contributed by atoms with Crippen molar-refractivity contribution in [1.29, 1.82) is 0 Å². The fraction of sp³-hybridized carbons (Fsp3) is 0.207. The summed E-state index contributed by atoms with van der Waals surface area (Å²) in [6.07, 6.45) is 0.727. The largest absolute Gasteiger partial charge is 0.493 e. The van der Waals surface area contributed by atoms with Crippen LogP contribution in [0, 0.1) is 0 Å².